The van der Waals surface area contributed by atoms with Crippen LogP contribution in [0.3, 0.4) is 0 Å². The highest BCUT2D eigenvalue weighted by Crippen LogP contribution is 2.26. The fourth-order valence-corrected chi connectivity index (χ4v) is 5.06. The lowest BCUT2D eigenvalue weighted by molar-refractivity contribution is -0.113. The van der Waals surface area contributed by atoms with Crippen molar-refractivity contribution in [3.63, 3.8) is 0 Å². The Morgan fingerprint density at radius 3 is 1.56 bits per heavy atom. The van der Waals surface area contributed by atoms with Crippen LogP contribution in [0.4, 0.5) is 0 Å². The van der Waals surface area contributed by atoms with Crippen molar-refractivity contribution in [2.75, 3.05) is 13.1 Å². The Labute approximate surface area is 211 Å². The van der Waals surface area contributed by atoms with Gasteiger partial charge in [0.2, 0.25) is 0 Å². The number of hydrogen-bond acceptors (Lipinski definition) is 2. The van der Waals surface area contributed by atoms with E-state index in [-0.39, 0.29) is 5.78 Å². The minimum absolute atomic E-state index is 0.139. The van der Waals surface area contributed by atoms with E-state index in [1.807, 2.05) is 6.07 Å². The minimum Gasteiger partial charge on any atom is -0.290 e. The van der Waals surface area contributed by atoms with Crippen LogP contribution in [0.1, 0.15) is 16.7 Å². The number of carbonyl (C=O) groups is 1. The van der Waals surface area contributed by atoms with Crippen LogP contribution in [0.15, 0.2) is 126 Å². The molecule has 1 heterocycles. The number of likely N-dealkylation sites (tertiary alicyclic amines) is 1. The average molecular weight is 466 g/mol. The Kier molecular flexibility index (Phi) is 6.03. The van der Waals surface area contributed by atoms with Crippen LogP contribution in [-0.4, -0.2) is 23.8 Å². The summed E-state index contributed by atoms with van der Waals surface area (Å²) in [5.41, 5.74) is 5.04. The van der Waals surface area contributed by atoms with Crippen molar-refractivity contribution < 1.29 is 4.79 Å². The molecule has 174 valence electrons. The van der Waals surface area contributed by atoms with E-state index >= 15 is 0 Å². The normalized spacial score (nSPS) is 16.8. The lowest BCUT2D eigenvalue weighted by Crippen LogP contribution is -2.37. The Balaban J connectivity index is 1.38. The van der Waals surface area contributed by atoms with Gasteiger partial charge in [-0.2, -0.15) is 0 Å². The summed E-state index contributed by atoms with van der Waals surface area (Å²) < 4.78 is 0. The van der Waals surface area contributed by atoms with Crippen molar-refractivity contribution in [2.24, 2.45) is 0 Å². The molecule has 0 amide bonds. The Bertz CT molecular complexity index is 1530. The molecule has 1 aliphatic heterocycles. The standard InChI is InChI=1S/C34H27NO/c36-34-32(20-26-14-16-28-10-4-6-12-30(28)18-26)23-35(22-25-8-2-1-3-9-25)24-33(34)21-27-15-17-29-11-5-7-13-31(29)19-27/h1-21H,22-24H2/b32-20+,33-21+. The van der Waals surface area contributed by atoms with Crippen molar-refractivity contribution in [2.45, 2.75) is 6.54 Å². The average Bonchev–Trinajstić information content (AvgIpc) is 2.92. The van der Waals surface area contributed by atoms with Crippen LogP contribution in [0.5, 0.6) is 0 Å². The molecule has 0 bridgehead atoms. The summed E-state index contributed by atoms with van der Waals surface area (Å²) in [7, 11) is 0. The van der Waals surface area contributed by atoms with Gasteiger partial charge in [-0.05, 0) is 62.5 Å². The van der Waals surface area contributed by atoms with Crippen molar-refractivity contribution in [1.82, 2.24) is 4.90 Å². The summed E-state index contributed by atoms with van der Waals surface area (Å²) in [4.78, 5) is 16.1. The maximum absolute atomic E-state index is 13.7. The molecule has 1 saturated heterocycles. The highest BCUT2D eigenvalue weighted by molar-refractivity contribution is 6.14. The number of piperidine rings is 1. The molecule has 1 fully saturated rings. The zero-order valence-corrected chi connectivity index (χ0v) is 20.1. The third-order valence-corrected chi connectivity index (χ3v) is 6.85. The molecule has 0 atom stereocenters. The predicted octanol–water partition coefficient (Wildman–Crippen LogP) is 7.54. The number of ketones is 1. The molecule has 0 spiro atoms. The number of carbonyl (C=O) groups excluding carboxylic acids is 1. The lowest BCUT2D eigenvalue weighted by Gasteiger charge is -2.30. The summed E-state index contributed by atoms with van der Waals surface area (Å²) >= 11 is 0. The monoisotopic (exact) mass is 465 g/mol. The van der Waals surface area contributed by atoms with E-state index in [1.165, 1.54) is 27.1 Å². The quantitative estimate of drug-likeness (QED) is 0.256. The Morgan fingerprint density at radius 2 is 1.03 bits per heavy atom. The van der Waals surface area contributed by atoms with Crippen LogP contribution >= 0.6 is 0 Å². The summed E-state index contributed by atoms with van der Waals surface area (Å²) in [5, 5.41) is 4.78. The van der Waals surface area contributed by atoms with Crippen LogP contribution in [-0.2, 0) is 11.3 Å². The second kappa shape index (κ2) is 9.77. The largest absolute Gasteiger partial charge is 0.290 e. The van der Waals surface area contributed by atoms with E-state index in [0.717, 1.165) is 28.8 Å². The van der Waals surface area contributed by atoms with Gasteiger partial charge in [0, 0.05) is 30.8 Å². The first kappa shape index (κ1) is 22.2. The maximum atomic E-state index is 13.7. The van der Waals surface area contributed by atoms with Gasteiger partial charge in [0.1, 0.15) is 0 Å². The smallest absolute Gasteiger partial charge is 0.187 e. The van der Waals surface area contributed by atoms with Crippen LogP contribution in [0, 0.1) is 0 Å². The third-order valence-electron chi connectivity index (χ3n) is 6.85. The first-order valence-electron chi connectivity index (χ1n) is 12.4. The van der Waals surface area contributed by atoms with Crippen molar-refractivity contribution in [3.8, 4) is 0 Å². The summed E-state index contributed by atoms with van der Waals surface area (Å²) in [6, 6.07) is 39.9. The molecule has 0 N–H and O–H groups in total. The van der Waals surface area contributed by atoms with Gasteiger partial charge in [-0.15, -0.1) is 0 Å². The number of hydrogen-bond donors (Lipinski definition) is 0. The molecule has 2 heteroatoms. The number of benzene rings is 5. The fourth-order valence-electron chi connectivity index (χ4n) is 5.06. The van der Waals surface area contributed by atoms with Crippen molar-refractivity contribution >= 4 is 39.5 Å². The van der Waals surface area contributed by atoms with Crippen LogP contribution in [0.25, 0.3) is 33.7 Å². The molecule has 5 aromatic rings. The molecule has 6 rings (SSSR count). The van der Waals surface area contributed by atoms with E-state index in [0.29, 0.717) is 13.1 Å². The zero-order chi connectivity index (χ0) is 24.3. The molecule has 0 unspecified atom stereocenters. The molecular formula is C34H27NO. The molecule has 36 heavy (non-hydrogen) atoms. The van der Waals surface area contributed by atoms with E-state index in [1.54, 1.807) is 0 Å². The molecule has 0 aromatic heterocycles. The van der Waals surface area contributed by atoms with E-state index < -0.39 is 0 Å². The molecule has 0 aliphatic carbocycles. The summed E-state index contributed by atoms with van der Waals surface area (Å²) in [5.74, 6) is 0.139. The summed E-state index contributed by atoms with van der Waals surface area (Å²) in [6.45, 7) is 2.07. The van der Waals surface area contributed by atoms with Gasteiger partial charge < -0.3 is 0 Å². The second-order valence-corrected chi connectivity index (χ2v) is 9.51. The molecule has 1 aliphatic rings. The van der Waals surface area contributed by atoms with Gasteiger partial charge in [0.15, 0.2) is 5.78 Å². The van der Waals surface area contributed by atoms with Crippen molar-refractivity contribution in [1.29, 1.82) is 0 Å². The molecule has 0 radical (unpaired) electrons. The van der Waals surface area contributed by atoms with Gasteiger partial charge in [-0.3, -0.25) is 9.69 Å². The SMILES string of the molecule is O=C1/C(=C/c2ccc3ccccc3c2)CN(Cc2ccccc2)C/C1=C\c1ccc2ccccc2c1. The van der Waals surface area contributed by atoms with E-state index in [2.05, 4.69) is 126 Å². The molecular weight excluding hydrogens is 438 g/mol. The second-order valence-electron chi connectivity index (χ2n) is 9.51. The minimum atomic E-state index is 0.139. The number of Topliss-reactive ketones (excluding diaryl/α,β-unsaturated/α-hetero) is 1. The first-order chi connectivity index (χ1) is 17.7. The van der Waals surface area contributed by atoms with Gasteiger partial charge in [0.05, 0.1) is 0 Å². The third kappa shape index (κ3) is 4.77. The number of nitrogens with zero attached hydrogens (tertiary/aromatic N) is 1. The van der Waals surface area contributed by atoms with E-state index in [4.69, 9.17) is 0 Å². The number of fused-ring (bicyclic) bond motifs is 2. The predicted molar refractivity (Wildman–Crippen MR) is 151 cm³/mol. The molecule has 5 aromatic carbocycles. The fraction of sp³-hybridized carbons (Fsp3) is 0.0882. The number of rotatable bonds is 4. The topological polar surface area (TPSA) is 20.3 Å². The van der Waals surface area contributed by atoms with Gasteiger partial charge in [-0.1, -0.05) is 103 Å². The van der Waals surface area contributed by atoms with Crippen molar-refractivity contribution in [3.05, 3.63) is 143 Å². The molecule has 0 saturated carbocycles. The van der Waals surface area contributed by atoms with Gasteiger partial charge >= 0.3 is 0 Å². The maximum Gasteiger partial charge on any atom is 0.187 e. The van der Waals surface area contributed by atoms with Gasteiger partial charge in [-0.25, -0.2) is 0 Å². The Morgan fingerprint density at radius 1 is 0.556 bits per heavy atom. The van der Waals surface area contributed by atoms with E-state index in [9.17, 15) is 4.79 Å². The van der Waals surface area contributed by atoms with Crippen LogP contribution < -0.4 is 0 Å². The first-order valence-corrected chi connectivity index (χ1v) is 12.4. The van der Waals surface area contributed by atoms with Crippen LogP contribution in [0.2, 0.25) is 0 Å². The highest BCUT2D eigenvalue weighted by Gasteiger charge is 2.26. The van der Waals surface area contributed by atoms with Gasteiger partial charge in [0.25, 0.3) is 0 Å². The zero-order valence-electron chi connectivity index (χ0n) is 20.1. The Hall–Kier alpha value is -4.27. The highest BCUT2D eigenvalue weighted by atomic mass is 16.1. The summed E-state index contributed by atoms with van der Waals surface area (Å²) in [6.07, 6.45) is 4.14. The lowest BCUT2D eigenvalue weighted by atomic mass is 9.93. The molecule has 2 nitrogen and oxygen atoms in total.